The molecule has 2 aromatic heterocycles. The number of hydrogen-bond acceptors (Lipinski definition) is 11. The van der Waals surface area contributed by atoms with E-state index >= 15 is 0 Å². The Morgan fingerprint density at radius 3 is 2.35 bits per heavy atom. The van der Waals surface area contributed by atoms with Crippen molar-refractivity contribution in [2.45, 2.75) is 30.5 Å². The fourth-order valence-electron chi connectivity index (χ4n) is 2.62. The maximum absolute atomic E-state index is 11.4. The zero-order valence-corrected chi connectivity index (χ0v) is 16.5. The van der Waals surface area contributed by atoms with Gasteiger partial charge < -0.3 is 40.7 Å². The Morgan fingerprint density at radius 2 is 1.84 bits per heavy atom. The van der Waals surface area contributed by atoms with Crippen LogP contribution in [0.2, 0.25) is 5.28 Å². The summed E-state index contributed by atoms with van der Waals surface area (Å²) in [5, 5.41) is 48.1. The summed E-state index contributed by atoms with van der Waals surface area (Å²) >= 11 is 5.74. The van der Waals surface area contributed by atoms with Crippen LogP contribution in [0.5, 0.6) is 0 Å². The van der Waals surface area contributed by atoms with E-state index in [1.54, 1.807) is 0 Å². The van der Waals surface area contributed by atoms with Crippen LogP contribution in [-0.2, 0) is 23.9 Å². The molecule has 0 saturated carbocycles. The second kappa shape index (κ2) is 9.36. The van der Waals surface area contributed by atoms with Crippen molar-refractivity contribution in [1.29, 1.82) is 0 Å². The molecule has 0 aromatic carbocycles. The monoisotopic (exact) mass is 463 g/mol. The number of aromatic nitrogens is 4. The highest BCUT2D eigenvalue weighted by molar-refractivity contribution is 6.28. The number of aliphatic carboxylic acids is 3. The number of imidazole rings is 1. The maximum atomic E-state index is 11.4. The van der Waals surface area contributed by atoms with Crippen LogP contribution in [0, 0.1) is 0 Å². The third-order valence-corrected chi connectivity index (χ3v) is 4.45. The molecule has 2 rings (SSSR count). The number of carboxylic acid groups (broad SMARTS) is 3. The SMILES string of the molecule is CO[C@H](COC(CC(=O)O)(C(=O)O)C(=O)O)[C@@H](O)[C@@H](O)n1cnc2c(N)nc(Cl)nc21. The first-order valence-electron chi connectivity index (χ1n) is 8.31. The van der Waals surface area contributed by atoms with Gasteiger partial charge in [0.25, 0.3) is 5.60 Å². The number of nitrogens with zero attached hydrogens (tertiary/aromatic N) is 4. The van der Waals surface area contributed by atoms with E-state index in [1.807, 2.05) is 0 Å². The topological polar surface area (TPSA) is 240 Å². The summed E-state index contributed by atoms with van der Waals surface area (Å²) in [5.41, 5.74) is 2.54. The van der Waals surface area contributed by atoms with Gasteiger partial charge in [-0.15, -0.1) is 0 Å². The first-order valence-corrected chi connectivity index (χ1v) is 8.69. The van der Waals surface area contributed by atoms with Crippen LogP contribution < -0.4 is 5.73 Å². The lowest BCUT2D eigenvalue weighted by atomic mass is 9.99. The third kappa shape index (κ3) is 4.80. The van der Waals surface area contributed by atoms with Gasteiger partial charge in [-0.3, -0.25) is 9.36 Å². The molecule has 0 spiro atoms. The molecular formula is C15H18ClN5O10. The number of ether oxygens (including phenoxy) is 2. The average molecular weight is 464 g/mol. The van der Waals surface area contributed by atoms with Crippen molar-refractivity contribution >= 4 is 46.5 Å². The molecule has 31 heavy (non-hydrogen) atoms. The van der Waals surface area contributed by atoms with Crippen LogP contribution in [0.15, 0.2) is 6.33 Å². The van der Waals surface area contributed by atoms with E-state index in [0.717, 1.165) is 18.0 Å². The number of rotatable bonds is 11. The summed E-state index contributed by atoms with van der Waals surface area (Å²) in [6.45, 7) is -0.912. The molecule has 0 bridgehead atoms. The van der Waals surface area contributed by atoms with Crippen molar-refractivity contribution in [3.05, 3.63) is 11.6 Å². The number of methoxy groups -OCH3 is 1. The first-order chi connectivity index (χ1) is 14.4. The number of carbonyl (C=O) groups is 3. The normalized spacial score (nSPS) is 14.8. The van der Waals surface area contributed by atoms with Gasteiger partial charge in [0.05, 0.1) is 19.4 Å². The van der Waals surface area contributed by atoms with Gasteiger partial charge in [0.2, 0.25) is 5.28 Å². The number of nitrogen functional groups attached to an aromatic ring is 1. The average Bonchev–Trinajstić information content (AvgIpc) is 3.09. The molecule has 0 aliphatic heterocycles. The van der Waals surface area contributed by atoms with Crippen molar-refractivity contribution in [3.63, 3.8) is 0 Å². The summed E-state index contributed by atoms with van der Waals surface area (Å²) in [6.07, 6.45) is -5.51. The lowest BCUT2D eigenvalue weighted by molar-refractivity contribution is -0.198. The summed E-state index contributed by atoms with van der Waals surface area (Å²) in [7, 11) is 1.06. The van der Waals surface area contributed by atoms with Gasteiger partial charge in [0, 0.05) is 7.11 Å². The van der Waals surface area contributed by atoms with Crippen molar-refractivity contribution in [3.8, 4) is 0 Å². The van der Waals surface area contributed by atoms with Gasteiger partial charge in [-0.25, -0.2) is 14.6 Å². The summed E-state index contributed by atoms with van der Waals surface area (Å²) in [6, 6.07) is 0. The van der Waals surface area contributed by atoms with E-state index in [4.69, 9.17) is 31.9 Å². The van der Waals surface area contributed by atoms with Crippen LogP contribution in [0.3, 0.4) is 0 Å². The molecule has 0 unspecified atom stereocenters. The zero-order chi connectivity index (χ0) is 23.5. The van der Waals surface area contributed by atoms with Gasteiger partial charge >= 0.3 is 17.9 Å². The van der Waals surface area contributed by atoms with Gasteiger partial charge in [-0.2, -0.15) is 9.97 Å². The third-order valence-electron chi connectivity index (χ3n) is 4.28. The summed E-state index contributed by atoms with van der Waals surface area (Å²) in [5.74, 6) is -5.99. The van der Waals surface area contributed by atoms with E-state index in [-0.39, 0.29) is 22.3 Å². The van der Waals surface area contributed by atoms with Crippen molar-refractivity contribution in [1.82, 2.24) is 19.5 Å². The molecule has 0 radical (unpaired) electrons. The molecule has 16 heteroatoms. The lowest BCUT2D eigenvalue weighted by Gasteiger charge is -2.30. The first kappa shape index (κ1) is 24.2. The van der Waals surface area contributed by atoms with Crippen LogP contribution in [0.1, 0.15) is 12.6 Å². The largest absolute Gasteiger partial charge is 0.481 e. The fraction of sp³-hybridized carbons (Fsp3) is 0.467. The smallest absolute Gasteiger partial charge is 0.348 e. The van der Waals surface area contributed by atoms with Crippen molar-refractivity contribution in [2.75, 3.05) is 19.5 Å². The maximum Gasteiger partial charge on any atom is 0.348 e. The van der Waals surface area contributed by atoms with Gasteiger partial charge in [0.1, 0.15) is 17.7 Å². The Labute approximate surface area is 177 Å². The molecule has 0 amide bonds. The quantitative estimate of drug-likeness (QED) is 0.161. The standard InChI is InChI=1S/C15H18ClN5O10/c1-30-5(3-31-15(12(26)27,13(28)29)2-6(22)23)8(24)11(25)21-4-18-7-9(17)19-14(16)20-10(7)21/h4-5,8,11,24-25H,2-3H2,1H3,(H,22,23)(H,26,27)(H,28,29)(H2,17,19,20)/t5-,8-,11-/m1/s1. The molecule has 170 valence electrons. The predicted octanol–water partition coefficient (Wildman–Crippen LogP) is -1.67. The number of hydrogen-bond donors (Lipinski definition) is 6. The summed E-state index contributed by atoms with van der Waals surface area (Å²) in [4.78, 5) is 45.3. The molecule has 0 fully saturated rings. The lowest BCUT2D eigenvalue weighted by Crippen LogP contribution is -2.53. The molecule has 7 N–H and O–H groups in total. The molecule has 3 atom stereocenters. The molecule has 0 aliphatic rings. The number of fused-ring (bicyclic) bond motifs is 1. The molecular weight excluding hydrogens is 446 g/mol. The fourth-order valence-corrected chi connectivity index (χ4v) is 2.79. The Morgan fingerprint density at radius 1 is 1.23 bits per heavy atom. The minimum Gasteiger partial charge on any atom is -0.481 e. The molecule has 2 aromatic rings. The number of aliphatic hydroxyl groups is 2. The van der Waals surface area contributed by atoms with Crippen LogP contribution in [0.25, 0.3) is 11.2 Å². The van der Waals surface area contributed by atoms with E-state index in [1.165, 1.54) is 0 Å². The number of aliphatic hydroxyl groups excluding tert-OH is 2. The Kier molecular flexibility index (Phi) is 7.29. The Bertz CT molecular complexity index is 984. The van der Waals surface area contributed by atoms with Crippen molar-refractivity contribution < 1.29 is 49.4 Å². The zero-order valence-electron chi connectivity index (χ0n) is 15.7. The number of anilines is 1. The minimum atomic E-state index is -3.15. The number of halogens is 1. The molecule has 2 heterocycles. The number of nitrogens with two attached hydrogens (primary N) is 1. The summed E-state index contributed by atoms with van der Waals surface area (Å²) < 4.78 is 10.8. The Balaban J connectivity index is 2.28. The minimum absolute atomic E-state index is 0.0453. The van der Waals surface area contributed by atoms with Crippen LogP contribution in [0.4, 0.5) is 5.82 Å². The van der Waals surface area contributed by atoms with E-state index < -0.39 is 55.0 Å². The highest BCUT2D eigenvalue weighted by Gasteiger charge is 2.51. The molecule has 0 aliphatic carbocycles. The molecule has 15 nitrogen and oxygen atoms in total. The van der Waals surface area contributed by atoms with E-state index in [9.17, 15) is 34.8 Å². The van der Waals surface area contributed by atoms with E-state index in [2.05, 4.69) is 15.0 Å². The van der Waals surface area contributed by atoms with Crippen LogP contribution in [-0.4, -0.2) is 94.5 Å². The van der Waals surface area contributed by atoms with Crippen LogP contribution >= 0.6 is 11.6 Å². The van der Waals surface area contributed by atoms with E-state index in [0.29, 0.717) is 0 Å². The molecule has 0 saturated heterocycles. The Hall–Kier alpha value is -3.11. The van der Waals surface area contributed by atoms with Gasteiger partial charge in [0.15, 0.2) is 17.7 Å². The number of carboxylic acids is 3. The van der Waals surface area contributed by atoms with Crippen molar-refractivity contribution in [2.24, 2.45) is 0 Å². The highest BCUT2D eigenvalue weighted by Crippen LogP contribution is 2.25. The highest BCUT2D eigenvalue weighted by atomic mass is 35.5. The second-order valence-corrected chi connectivity index (χ2v) is 6.54. The second-order valence-electron chi connectivity index (χ2n) is 6.20. The predicted molar refractivity (Wildman–Crippen MR) is 99.0 cm³/mol. The van der Waals surface area contributed by atoms with Gasteiger partial charge in [-0.1, -0.05) is 0 Å². The van der Waals surface area contributed by atoms with Gasteiger partial charge in [-0.05, 0) is 11.6 Å².